The van der Waals surface area contributed by atoms with E-state index in [4.69, 9.17) is 9.84 Å². The maximum atomic E-state index is 12.1. The van der Waals surface area contributed by atoms with Gasteiger partial charge in [0, 0.05) is 11.1 Å². The van der Waals surface area contributed by atoms with Crippen molar-refractivity contribution in [3.63, 3.8) is 0 Å². The van der Waals surface area contributed by atoms with Gasteiger partial charge in [-0.15, -0.1) is 0 Å². The summed E-state index contributed by atoms with van der Waals surface area (Å²) in [4.78, 5) is 24.0. The third-order valence-electron chi connectivity index (χ3n) is 2.95. The monoisotopic (exact) mass is 284 g/mol. The minimum Gasteiger partial charge on any atom is -0.491 e. The number of hydrogen-bond acceptors (Lipinski definition) is 4. The number of ketones is 2. The first-order valence-corrected chi connectivity index (χ1v) is 6.66. The van der Waals surface area contributed by atoms with Gasteiger partial charge in [-0.25, -0.2) is 0 Å². The highest BCUT2D eigenvalue weighted by Gasteiger charge is 2.13. The molecule has 0 spiro atoms. The molecule has 0 atom stereocenters. The van der Waals surface area contributed by atoms with E-state index < -0.39 is 0 Å². The third kappa shape index (κ3) is 4.26. The molecule has 4 heteroatoms. The summed E-state index contributed by atoms with van der Waals surface area (Å²) in [7, 11) is 0. The van der Waals surface area contributed by atoms with Gasteiger partial charge in [0.15, 0.2) is 11.6 Å². The molecular formula is C17H16O4. The van der Waals surface area contributed by atoms with E-state index in [0.717, 1.165) is 0 Å². The van der Waals surface area contributed by atoms with Crippen molar-refractivity contribution in [1.82, 2.24) is 0 Å². The van der Waals surface area contributed by atoms with Crippen LogP contribution in [0.2, 0.25) is 0 Å². The van der Waals surface area contributed by atoms with E-state index in [-0.39, 0.29) is 31.2 Å². The largest absolute Gasteiger partial charge is 0.491 e. The van der Waals surface area contributed by atoms with E-state index in [2.05, 4.69) is 0 Å². The minimum absolute atomic E-state index is 0.0632. The maximum absolute atomic E-state index is 12.1. The van der Waals surface area contributed by atoms with Gasteiger partial charge in [-0.2, -0.15) is 0 Å². The lowest BCUT2D eigenvalue weighted by Gasteiger charge is -2.05. The first-order valence-electron chi connectivity index (χ1n) is 6.66. The normalized spacial score (nSPS) is 10.1. The highest BCUT2D eigenvalue weighted by molar-refractivity contribution is 6.13. The van der Waals surface area contributed by atoms with Crippen LogP contribution in [0, 0.1) is 0 Å². The summed E-state index contributed by atoms with van der Waals surface area (Å²) in [6, 6.07) is 15.3. The Labute approximate surface area is 123 Å². The molecule has 108 valence electrons. The van der Waals surface area contributed by atoms with Crippen molar-refractivity contribution in [2.45, 2.75) is 6.42 Å². The average Bonchev–Trinajstić information content (AvgIpc) is 2.54. The molecule has 0 unspecified atom stereocenters. The van der Waals surface area contributed by atoms with Crippen molar-refractivity contribution in [2.75, 3.05) is 13.2 Å². The van der Waals surface area contributed by atoms with Gasteiger partial charge >= 0.3 is 0 Å². The summed E-state index contributed by atoms with van der Waals surface area (Å²) in [5.74, 6) is 0.161. The number of rotatable bonds is 7. The third-order valence-corrected chi connectivity index (χ3v) is 2.95. The van der Waals surface area contributed by atoms with Gasteiger partial charge in [0.1, 0.15) is 12.4 Å². The van der Waals surface area contributed by atoms with Crippen molar-refractivity contribution in [3.05, 3.63) is 65.7 Å². The highest BCUT2D eigenvalue weighted by Crippen LogP contribution is 2.14. The second-order valence-corrected chi connectivity index (χ2v) is 4.49. The molecule has 0 bridgehead atoms. The Morgan fingerprint density at radius 1 is 0.857 bits per heavy atom. The van der Waals surface area contributed by atoms with E-state index in [1.54, 1.807) is 48.5 Å². The number of ether oxygens (including phenoxy) is 1. The van der Waals surface area contributed by atoms with Crippen molar-refractivity contribution in [3.8, 4) is 5.75 Å². The highest BCUT2D eigenvalue weighted by atomic mass is 16.5. The minimum atomic E-state index is -0.224. The Kier molecular flexibility index (Phi) is 5.23. The van der Waals surface area contributed by atoms with Crippen LogP contribution in [0.15, 0.2) is 54.6 Å². The van der Waals surface area contributed by atoms with E-state index >= 15 is 0 Å². The van der Waals surface area contributed by atoms with Gasteiger partial charge in [0.2, 0.25) is 0 Å². The summed E-state index contributed by atoms with van der Waals surface area (Å²) >= 11 is 0. The summed E-state index contributed by atoms with van der Waals surface area (Å²) < 4.78 is 5.21. The molecule has 0 saturated carbocycles. The van der Waals surface area contributed by atoms with Crippen molar-refractivity contribution in [2.24, 2.45) is 0 Å². The summed E-state index contributed by atoms with van der Waals surface area (Å²) in [5, 5.41) is 8.66. The van der Waals surface area contributed by atoms with Crippen LogP contribution in [0.25, 0.3) is 0 Å². The van der Waals surface area contributed by atoms with Crippen molar-refractivity contribution < 1.29 is 19.4 Å². The standard InChI is InChI=1S/C17H16O4/c18-10-11-21-15-8-6-14(7-9-15)17(20)12-16(19)13-4-2-1-3-5-13/h1-9,18H,10-12H2. The lowest BCUT2D eigenvalue weighted by molar-refractivity contribution is 0.0894. The number of carbonyl (C=O) groups excluding carboxylic acids is 2. The molecule has 2 aromatic rings. The molecule has 0 aliphatic heterocycles. The zero-order valence-corrected chi connectivity index (χ0v) is 11.5. The Morgan fingerprint density at radius 3 is 2.00 bits per heavy atom. The van der Waals surface area contributed by atoms with Crippen molar-refractivity contribution >= 4 is 11.6 Å². The molecule has 4 nitrogen and oxygen atoms in total. The molecule has 0 radical (unpaired) electrons. The zero-order valence-electron chi connectivity index (χ0n) is 11.5. The number of benzene rings is 2. The van der Waals surface area contributed by atoms with Crippen LogP contribution in [0.5, 0.6) is 5.75 Å². The van der Waals surface area contributed by atoms with Gasteiger partial charge in [0.25, 0.3) is 0 Å². The molecule has 0 aromatic heterocycles. The smallest absolute Gasteiger partial charge is 0.170 e. The molecule has 0 aliphatic carbocycles. The predicted molar refractivity (Wildman–Crippen MR) is 78.7 cm³/mol. The SMILES string of the molecule is O=C(CC(=O)c1ccc(OCCO)cc1)c1ccccc1. The van der Waals surface area contributed by atoms with E-state index in [1.807, 2.05) is 6.07 Å². The molecule has 0 fully saturated rings. The van der Waals surface area contributed by atoms with Gasteiger partial charge < -0.3 is 9.84 Å². The van der Waals surface area contributed by atoms with Crippen LogP contribution < -0.4 is 4.74 Å². The maximum Gasteiger partial charge on any atom is 0.170 e. The molecular weight excluding hydrogens is 268 g/mol. The fourth-order valence-corrected chi connectivity index (χ4v) is 1.87. The molecule has 0 amide bonds. The first-order chi connectivity index (χ1) is 10.2. The molecule has 1 N–H and O–H groups in total. The van der Waals surface area contributed by atoms with Gasteiger partial charge in [-0.1, -0.05) is 30.3 Å². The summed E-state index contributed by atoms with van der Waals surface area (Å²) in [6.45, 7) is 0.145. The van der Waals surface area contributed by atoms with Crippen LogP contribution in [0.4, 0.5) is 0 Å². The fraction of sp³-hybridized carbons (Fsp3) is 0.176. The summed E-state index contributed by atoms with van der Waals surface area (Å²) in [6.07, 6.45) is -0.152. The van der Waals surface area contributed by atoms with Crippen molar-refractivity contribution in [1.29, 1.82) is 0 Å². The van der Waals surface area contributed by atoms with E-state index in [0.29, 0.717) is 16.9 Å². The van der Waals surface area contributed by atoms with E-state index in [1.165, 1.54) is 0 Å². The van der Waals surface area contributed by atoms with Crippen LogP contribution in [-0.2, 0) is 0 Å². The Hall–Kier alpha value is -2.46. The fourth-order valence-electron chi connectivity index (χ4n) is 1.87. The Bertz CT molecular complexity index is 602. The molecule has 0 saturated heterocycles. The predicted octanol–water partition coefficient (Wildman–Crippen LogP) is 2.51. The lowest BCUT2D eigenvalue weighted by Crippen LogP contribution is -2.08. The number of aliphatic hydroxyl groups is 1. The number of Topliss-reactive ketones (excluding diaryl/α,β-unsaturated/α-hetero) is 2. The average molecular weight is 284 g/mol. The van der Waals surface area contributed by atoms with Crippen LogP contribution >= 0.6 is 0 Å². The van der Waals surface area contributed by atoms with Crippen LogP contribution in [0.1, 0.15) is 27.1 Å². The summed E-state index contributed by atoms with van der Waals surface area (Å²) in [5.41, 5.74) is 1.00. The molecule has 0 aliphatic rings. The Morgan fingerprint density at radius 2 is 1.43 bits per heavy atom. The van der Waals surface area contributed by atoms with Crippen LogP contribution in [-0.4, -0.2) is 29.9 Å². The topological polar surface area (TPSA) is 63.6 Å². The lowest BCUT2D eigenvalue weighted by atomic mass is 10.0. The van der Waals surface area contributed by atoms with Gasteiger partial charge in [-0.05, 0) is 24.3 Å². The van der Waals surface area contributed by atoms with E-state index in [9.17, 15) is 9.59 Å². The van der Waals surface area contributed by atoms with Gasteiger partial charge in [-0.3, -0.25) is 9.59 Å². The number of aliphatic hydroxyl groups excluding tert-OH is 1. The Balaban J connectivity index is 1.98. The number of hydrogen-bond donors (Lipinski definition) is 1. The first kappa shape index (κ1) is 14.9. The molecule has 2 rings (SSSR count). The molecule has 21 heavy (non-hydrogen) atoms. The van der Waals surface area contributed by atoms with Crippen LogP contribution in [0.3, 0.4) is 0 Å². The van der Waals surface area contributed by atoms with Gasteiger partial charge in [0.05, 0.1) is 13.0 Å². The molecule has 0 heterocycles. The second kappa shape index (κ2) is 7.36. The quantitative estimate of drug-likeness (QED) is 0.627. The number of carbonyl (C=O) groups is 2. The zero-order chi connectivity index (χ0) is 15.1. The molecule has 2 aromatic carbocycles. The second-order valence-electron chi connectivity index (χ2n) is 4.49.